The van der Waals surface area contributed by atoms with Crippen molar-refractivity contribution in [1.82, 2.24) is 25.5 Å². The lowest BCUT2D eigenvalue weighted by Gasteiger charge is -2.16. The second kappa shape index (κ2) is 12.5. The molecule has 0 aliphatic carbocycles. The summed E-state index contributed by atoms with van der Waals surface area (Å²) in [7, 11) is 0. The standard InChI is InChI=1S/C25H26BrN5O2S/c1-2-32-23-16-20(15-22(26)24(23)33-18-19-9-5-3-6-10-19)17-27-13-14-34-25-28-29-30-31(25)21-11-7-4-8-12-21/h3-12,15-16,27H,2,13-14,17-18H2,1H3. The van der Waals surface area contributed by atoms with Crippen LogP contribution in [-0.2, 0) is 13.2 Å². The molecule has 4 rings (SSSR count). The van der Waals surface area contributed by atoms with Crippen molar-refractivity contribution in [2.75, 3.05) is 18.9 Å². The Morgan fingerprint density at radius 3 is 2.50 bits per heavy atom. The maximum Gasteiger partial charge on any atom is 0.214 e. The van der Waals surface area contributed by atoms with Crippen molar-refractivity contribution >= 4 is 27.7 Å². The monoisotopic (exact) mass is 539 g/mol. The molecule has 34 heavy (non-hydrogen) atoms. The fourth-order valence-electron chi connectivity index (χ4n) is 3.30. The quantitative estimate of drug-likeness (QED) is 0.194. The van der Waals surface area contributed by atoms with E-state index >= 15 is 0 Å². The van der Waals surface area contributed by atoms with Gasteiger partial charge in [-0.25, -0.2) is 0 Å². The summed E-state index contributed by atoms with van der Waals surface area (Å²) in [4.78, 5) is 0. The van der Waals surface area contributed by atoms with Gasteiger partial charge >= 0.3 is 0 Å². The van der Waals surface area contributed by atoms with Crippen LogP contribution in [0.2, 0.25) is 0 Å². The van der Waals surface area contributed by atoms with E-state index in [1.54, 1.807) is 16.4 Å². The van der Waals surface area contributed by atoms with Crippen molar-refractivity contribution in [1.29, 1.82) is 0 Å². The molecule has 0 atom stereocenters. The highest BCUT2D eigenvalue weighted by Gasteiger charge is 2.13. The number of nitrogens with one attached hydrogen (secondary N) is 1. The van der Waals surface area contributed by atoms with Gasteiger partial charge in [0, 0.05) is 18.8 Å². The number of hydrogen-bond donors (Lipinski definition) is 1. The van der Waals surface area contributed by atoms with E-state index < -0.39 is 0 Å². The number of nitrogens with zero attached hydrogens (tertiary/aromatic N) is 4. The first kappa shape index (κ1) is 24.3. The number of hydrogen-bond acceptors (Lipinski definition) is 7. The number of aromatic nitrogens is 4. The Hall–Kier alpha value is -2.88. The summed E-state index contributed by atoms with van der Waals surface area (Å²) < 4.78 is 14.6. The molecule has 3 aromatic carbocycles. The van der Waals surface area contributed by atoms with Crippen LogP contribution >= 0.6 is 27.7 Å². The smallest absolute Gasteiger partial charge is 0.214 e. The summed E-state index contributed by atoms with van der Waals surface area (Å²) >= 11 is 5.27. The zero-order valence-corrected chi connectivity index (χ0v) is 21.3. The minimum Gasteiger partial charge on any atom is -0.490 e. The van der Waals surface area contributed by atoms with Crippen LogP contribution in [0.25, 0.3) is 5.69 Å². The molecular formula is C25H26BrN5O2S. The normalized spacial score (nSPS) is 10.9. The lowest BCUT2D eigenvalue weighted by molar-refractivity contribution is 0.267. The Balaban J connectivity index is 1.30. The molecule has 1 aromatic heterocycles. The molecule has 0 radical (unpaired) electrons. The van der Waals surface area contributed by atoms with Crippen molar-refractivity contribution in [2.24, 2.45) is 0 Å². The van der Waals surface area contributed by atoms with E-state index in [0.29, 0.717) is 19.8 Å². The Bertz CT molecular complexity index is 1170. The van der Waals surface area contributed by atoms with Gasteiger partial charge in [-0.1, -0.05) is 60.3 Å². The molecule has 0 saturated heterocycles. The molecule has 0 bridgehead atoms. The zero-order chi connectivity index (χ0) is 23.6. The Labute approximate surface area is 212 Å². The molecule has 0 saturated carbocycles. The van der Waals surface area contributed by atoms with Gasteiger partial charge in [-0.15, -0.1) is 5.10 Å². The van der Waals surface area contributed by atoms with Gasteiger partial charge < -0.3 is 14.8 Å². The fourth-order valence-corrected chi connectivity index (χ4v) is 4.69. The van der Waals surface area contributed by atoms with Gasteiger partial charge in [0.1, 0.15) is 6.61 Å². The van der Waals surface area contributed by atoms with E-state index in [0.717, 1.165) is 50.2 Å². The molecule has 0 aliphatic rings. The minimum absolute atomic E-state index is 0.483. The predicted octanol–water partition coefficient (Wildman–Crippen LogP) is 5.28. The van der Waals surface area contributed by atoms with E-state index in [-0.39, 0.29) is 0 Å². The fraction of sp³-hybridized carbons (Fsp3) is 0.240. The largest absolute Gasteiger partial charge is 0.490 e. The summed E-state index contributed by atoms with van der Waals surface area (Å²) in [5, 5.41) is 16.3. The average Bonchev–Trinajstić information content (AvgIpc) is 3.33. The number of ether oxygens (including phenoxy) is 2. The first-order chi connectivity index (χ1) is 16.7. The highest BCUT2D eigenvalue weighted by atomic mass is 79.9. The van der Waals surface area contributed by atoms with E-state index in [1.807, 2.05) is 73.7 Å². The van der Waals surface area contributed by atoms with Gasteiger partial charge in [-0.2, -0.15) is 4.68 Å². The van der Waals surface area contributed by atoms with Crippen molar-refractivity contribution in [2.45, 2.75) is 25.2 Å². The van der Waals surface area contributed by atoms with Gasteiger partial charge in [-0.3, -0.25) is 0 Å². The molecule has 0 unspecified atom stereocenters. The Kier molecular flexibility index (Phi) is 8.95. The summed E-state index contributed by atoms with van der Waals surface area (Å²) in [6.07, 6.45) is 0. The molecular weight excluding hydrogens is 514 g/mol. The summed E-state index contributed by atoms with van der Waals surface area (Å²) in [6.45, 7) is 4.54. The molecule has 7 nitrogen and oxygen atoms in total. The summed E-state index contributed by atoms with van der Waals surface area (Å²) in [5.41, 5.74) is 3.17. The van der Waals surface area contributed by atoms with Crippen LogP contribution in [-0.4, -0.2) is 39.1 Å². The number of benzene rings is 3. The second-order valence-corrected chi connectivity index (χ2v) is 9.26. The average molecular weight is 540 g/mol. The van der Waals surface area contributed by atoms with Gasteiger partial charge in [0.25, 0.3) is 0 Å². The first-order valence-electron chi connectivity index (χ1n) is 11.0. The topological polar surface area (TPSA) is 74.1 Å². The third kappa shape index (κ3) is 6.59. The van der Waals surface area contributed by atoms with Gasteiger partial charge in [0.05, 0.1) is 16.8 Å². The minimum atomic E-state index is 0.483. The maximum atomic E-state index is 6.08. The number of halogens is 1. The Morgan fingerprint density at radius 2 is 1.74 bits per heavy atom. The van der Waals surface area contributed by atoms with E-state index in [4.69, 9.17) is 9.47 Å². The van der Waals surface area contributed by atoms with Crippen LogP contribution < -0.4 is 14.8 Å². The summed E-state index contributed by atoms with van der Waals surface area (Å²) in [6, 6.07) is 24.1. The number of thioether (sulfide) groups is 1. The van der Waals surface area contributed by atoms with Crippen molar-refractivity contribution in [3.8, 4) is 17.2 Å². The van der Waals surface area contributed by atoms with Crippen LogP contribution in [0.15, 0.2) is 82.4 Å². The van der Waals surface area contributed by atoms with Crippen molar-refractivity contribution in [3.63, 3.8) is 0 Å². The molecule has 0 fully saturated rings. The zero-order valence-electron chi connectivity index (χ0n) is 18.9. The highest BCUT2D eigenvalue weighted by Crippen LogP contribution is 2.37. The molecule has 0 spiro atoms. The molecule has 1 N–H and O–H groups in total. The van der Waals surface area contributed by atoms with Gasteiger partial charge in [0.2, 0.25) is 5.16 Å². The molecule has 0 amide bonds. The third-order valence-electron chi connectivity index (χ3n) is 4.88. The lowest BCUT2D eigenvalue weighted by Crippen LogP contribution is -2.17. The number of rotatable bonds is 12. The molecule has 1 heterocycles. The number of para-hydroxylation sites is 1. The molecule has 0 aliphatic heterocycles. The van der Waals surface area contributed by atoms with Crippen molar-refractivity contribution in [3.05, 3.63) is 88.4 Å². The van der Waals surface area contributed by atoms with Crippen molar-refractivity contribution < 1.29 is 9.47 Å². The van der Waals surface area contributed by atoms with Crippen LogP contribution in [0.1, 0.15) is 18.1 Å². The Morgan fingerprint density at radius 1 is 0.971 bits per heavy atom. The molecule has 176 valence electrons. The predicted molar refractivity (Wildman–Crippen MR) is 138 cm³/mol. The summed E-state index contributed by atoms with van der Waals surface area (Å²) in [5.74, 6) is 2.30. The van der Waals surface area contributed by atoms with Crippen LogP contribution in [0.5, 0.6) is 11.5 Å². The van der Waals surface area contributed by atoms with Gasteiger partial charge in [0.15, 0.2) is 11.5 Å². The first-order valence-corrected chi connectivity index (χ1v) is 12.8. The SMILES string of the molecule is CCOc1cc(CNCCSc2nnnn2-c2ccccc2)cc(Br)c1OCc1ccccc1. The number of tetrazole rings is 1. The van der Waals surface area contributed by atoms with E-state index in [1.165, 1.54) is 0 Å². The molecule has 4 aromatic rings. The maximum absolute atomic E-state index is 6.08. The van der Waals surface area contributed by atoms with Crippen LogP contribution in [0.3, 0.4) is 0 Å². The molecule has 9 heteroatoms. The van der Waals surface area contributed by atoms with Crippen LogP contribution in [0, 0.1) is 0 Å². The lowest BCUT2D eigenvalue weighted by atomic mass is 10.2. The second-order valence-electron chi connectivity index (χ2n) is 7.35. The van der Waals surface area contributed by atoms with Gasteiger partial charge in [-0.05, 0) is 68.7 Å². The highest BCUT2D eigenvalue weighted by molar-refractivity contribution is 9.10. The van der Waals surface area contributed by atoms with E-state index in [9.17, 15) is 0 Å². The van der Waals surface area contributed by atoms with Crippen LogP contribution in [0.4, 0.5) is 0 Å². The van der Waals surface area contributed by atoms with E-state index in [2.05, 4.69) is 42.8 Å². The third-order valence-corrected chi connectivity index (χ3v) is 6.39.